The summed E-state index contributed by atoms with van der Waals surface area (Å²) in [6, 6.07) is 12.8. The highest BCUT2D eigenvalue weighted by Crippen LogP contribution is 2.18. The van der Waals surface area contributed by atoms with Gasteiger partial charge in [0.05, 0.1) is 0 Å². The number of nitrogens with zero attached hydrogens (tertiary/aromatic N) is 1. The normalized spacial score (nSPS) is 25.6. The molecule has 2 rings (SSSR count). The molecule has 1 aliphatic heterocycles. The van der Waals surface area contributed by atoms with Crippen molar-refractivity contribution in [1.29, 1.82) is 0 Å². The Morgan fingerprint density at radius 2 is 2.10 bits per heavy atom. The second-order valence-electron chi connectivity index (χ2n) is 5.86. The van der Waals surface area contributed by atoms with Gasteiger partial charge in [-0.25, -0.2) is 0 Å². The van der Waals surface area contributed by atoms with Gasteiger partial charge in [0.25, 0.3) is 0 Å². The maximum atomic E-state index is 3.75. The molecule has 3 atom stereocenters. The molecule has 3 heteroatoms. The standard InChI is InChI=1S/C17H28N2S/c1-4-17-11-18-16(10-15-8-6-5-7-9-15)12-19(17)14(2)13-20-3/h5-9,14,16-18H,4,10-13H2,1-3H3. The molecule has 0 aromatic heterocycles. The van der Waals surface area contributed by atoms with Crippen molar-refractivity contribution in [2.75, 3.05) is 25.1 Å². The van der Waals surface area contributed by atoms with Gasteiger partial charge in [0, 0.05) is 37.0 Å². The third kappa shape index (κ3) is 4.24. The lowest BCUT2D eigenvalue weighted by atomic mass is 9.99. The van der Waals surface area contributed by atoms with Crippen LogP contribution in [0.15, 0.2) is 30.3 Å². The summed E-state index contributed by atoms with van der Waals surface area (Å²) in [5.74, 6) is 1.23. The van der Waals surface area contributed by atoms with Crippen molar-refractivity contribution in [2.45, 2.75) is 44.8 Å². The van der Waals surface area contributed by atoms with E-state index in [0.717, 1.165) is 13.0 Å². The van der Waals surface area contributed by atoms with Gasteiger partial charge in [-0.1, -0.05) is 37.3 Å². The van der Waals surface area contributed by atoms with Gasteiger partial charge in [0.2, 0.25) is 0 Å². The summed E-state index contributed by atoms with van der Waals surface area (Å²) in [5, 5.41) is 3.75. The van der Waals surface area contributed by atoms with E-state index in [1.165, 1.54) is 24.3 Å². The number of nitrogens with one attached hydrogen (secondary N) is 1. The summed E-state index contributed by atoms with van der Waals surface area (Å²) in [7, 11) is 0. The summed E-state index contributed by atoms with van der Waals surface area (Å²) >= 11 is 1.96. The number of piperazine rings is 1. The lowest BCUT2D eigenvalue weighted by molar-refractivity contribution is 0.0959. The van der Waals surface area contributed by atoms with Crippen LogP contribution in [-0.4, -0.2) is 48.1 Å². The van der Waals surface area contributed by atoms with Gasteiger partial charge in [0.1, 0.15) is 0 Å². The van der Waals surface area contributed by atoms with Crippen molar-refractivity contribution >= 4 is 11.8 Å². The third-order valence-corrected chi connectivity index (χ3v) is 5.13. The van der Waals surface area contributed by atoms with Gasteiger partial charge in [0.15, 0.2) is 0 Å². The molecule has 2 nitrogen and oxygen atoms in total. The van der Waals surface area contributed by atoms with E-state index in [2.05, 4.69) is 60.7 Å². The van der Waals surface area contributed by atoms with Crippen LogP contribution in [0.3, 0.4) is 0 Å². The van der Waals surface area contributed by atoms with E-state index in [1.807, 2.05) is 11.8 Å². The summed E-state index contributed by atoms with van der Waals surface area (Å²) in [4.78, 5) is 2.72. The lowest BCUT2D eigenvalue weighted by Crippen LogP contribution is -2.59. The van der Waals surface area contributed by atoms with E-state index in [4.69, 9.17) is 0 Å². The van der Waals surface area contributed by atoms with Crippen molar-refractivity contribution in [1.82, 2.24) is 10.2 Å². The molecule has 1 aromatic carbocycles. The molecule has 3 unspecified atom stereocenters. The summed E-state index contributed by atoms with van der Waals surface area (Å²) in [6.45, 7) is 6.99. The quantitative estimate of drug-likeness (QED) is 0.867. The zero-order valence-electron chi connectivity index (χ0n) is 13.0. The fourth-order valence-electron chi connectivity index (χ4n) is 3.18. The number of thioether (sulfide) groups is 1. The molecule has 1 heterocycles. The highest BCUT2D eigenvalue weighted by molar-refractivity contribution is 7.98. The van der Waals surface area contributed by atoms with Crippen molar-refractivity contribution in [3.8, 4) is 0 Å². The minimum Gasteiger partial charge on any atom is -0.311 e. The monoisotopic (exact) mass is 292 g/mol. The molecule has 1 aliphatic rings. The molecule has 112 valence electrons. The summed E-state index contributed by atoms with van der Waals surface area (Å²) in [6.07, 6.45) is 4.59. The predicted molar refractivity (Wildman–Crippen MR) is 90.6 cm³/mol. The van der Waals surface area contributed by atoms with Gasteiger partial charge < -0.3 is 5.32 Å². The molecule has 20 heavy (non-hydrogen) atoms. The van der Waals surface area contributed by atoms with Crippen LogP contribution < -0.4 is 5.32 Å². The smallest absolute Gasteiger partial charge is 0.0236 e. The van der Waals surface area contributed by atoms with E-state index in [1.54, 1.807) is 0 Å². The van der Waals surface area contributed by atoms with Crippen LogP contribution in [0.1, 0.15) is 25.8 Å². The first kappa shape index (κ1) is 15.9. The Kier molecular flexibility index (Phi) is 6.40. The highest BCUT2D eigenvalue weighted by atomic mass is 32.2. The molecule has 0 saturated carbocycles. The van der Waals surface area contributed by atoms with Crippen LogP contribution in [0.4, 0.5) is 0 Å². The van der Waals surface area contributed by atoms with Gasteiger partial charge in [-0.3, -0.25) is 4.90 Å². The zero-order chi connectivity index (χ0) is 14.4. The largest absolute Gasteiger partial charge is 0.311 e. The second kappa shape index (κ2) is 8.06. The van der Waals surface area contributed by atoms with Crippen molar-refractivity contribution in [3.63, 3.8) is 0 Å². The molecule has 1 fully saturated rings. The molecular weight excluding hydrogens is 264 g/mol. The minimum atomic E-state index is 0.588. The van der Waals surface area contributed by atoms with Gasteiger partial charge in [-0.2, -0.15) is 11.8 Å². The van der Waals surface area contributed by atoms with E-state index in [9.17, 15) is 0 Å². The van der Waals surface area contributed by atoms with Crippen LogP contribution >= 0.6 is 11.8 Å². The summed E-state index contributed by atoms with van der Waals surface area (Å²) in [5.41, 5.74) is 1.44. The number of hydrogen-bond acceptors (Lipinski definition) is 3. The lowest BCUT2D eigenvalue weighted by Gasteiger charge is -2.43. The topological polar surface area (TPSA) is 15.3 Å². The van der Waals surface area contributed by atoms with Gasteiger partial charge in [-0.15, -0.1) is 0 Å². The molecule has 1 N–H and O–H groups in total. The van der Waals surface area contributed by atoms with Crippen molar-refractivity contribution in [3.05, 3.63) is 35.9 Å². The average Bonchev–Trinajstić information content (AvgIpc) is 2.48. The zero-order valence-corrected chi connectivity index (χ0v) is 13.8. The SMILES string of the molecule is CCC1CNC(Cc2ccccc2)CN1C(C)CSC. The van der Waals surface area contributed by atoms with Crippen LogP contribution in [-0.2, 0) is 6.42 Å². The first-order valence-corrected chi connectivity index (χ1v) is 9.16. The molecule has 1 aromatic rings. The molecule has 1 saturated heterocycles. The fourth-order valence-corrected chi connectivity index (χ4v) is 3.85. The Morgan fingerprint density at radius 3 is 2.75 bits per heavy atom. The first-order chi connectivity index (χ1) is 9.74. The Hall–Kier alpha value is -0.510. The Bertz CT molecular complexity index is 382. The van der Waals surface area contributed by atoms with Gasteiger partial charge in [-0.05, 0) is 31.6 Å². The Balaban J connectivity index is 1.96. The molecule has 0 aliphatic carbocycles. The van der Waals surface area contributed by atoms with Crippen molar-refractivity contribution < 1.29 is 0 Å². The number of benzene rings is 1. The number of rotatable bonds is 6. The maximum absolute atomic E-state index is 3.75. The molecule has 0 amide bonds. The average molecular weight is 292 g/mol. The van der Waals surface area contributed by atoms with Crippen LogP contribution in [0.2, 0.25) is 0 Å². The predicted octanol–water partition coefficient (Wildman–Crippen LogP) is 3.03. The van der Waals surface area contributed by atoms with E-state index in [-0.39, 0.29) is 0 Å². The molecule has 0 radical (unpaired) electrons. The van der Waals surface area contributed by atoms with Crippen LogP contribution in [0, 0.1) is 0 Å². The summed E-state index contributed by atoms with van der Waals surface area (Å²) < 4.78 is 0. The number of hydrogen-bond donors (Lipinski definition) is 1. The minimum absolute atomic E-state index is 0.588. The van der Waals surface area contributed by atoms with Gasteiger partial charge >= 0.3 is 0 Å². The molecular formula is C17H28N2S. The molecule has 0 spiro atoms. The second-order valence-corrected chi connectivity index (χ2v) is 6.77. The Labute approximate surface area is 128 Å². The first-order valence-electron chi connectivity index (χ1n) is 7.76. The van der Waals surface area contributed by atoms with Crippen LogP contribution in [0.25, 0.3) is 0 Å². The fraction of sp³-hybridized carbons (Fsp3) is 0.647. The molecule has 0 bridgehead atoms. The van der Waals surface area contributed by atoms with Crippen LogP contribution in [0.5, 0.6) is 0 Å². The highest BCUT2D eigenvalue weighted by Gasteiger charge is 2.29. The third-order valence-electron chi connectivity index (χ3n) is 4.31. The van der Waals surface area contributed by atoms with E-state index < -0.39 is 0 Å². The Morgan fingerprint density at radius 1 is 1.35 bits per heavy atom. The van der Waals surface area contributed by atoms with E-state index >= 15 is 0 Å². The van der Waals surface area contributed by atoms with Crippen molar-refractivity contribution in [2.24, 2.45) is 0 Å². The maximum Gasteiger partial charge on any atom is 0.0236 e. The van der Waals surface area contributed by atoms with E-state index in [0.29, 0.717) is 18.1 Å².